The lowest BCUT2D eigenvalue weighted by atomic mass is 9.98. The number of hydrogen-bond acceptors (Lipinski definition) is 2. The zero-order chi connectivity index (χ0) is 15.6. The Balaban J connectivity index is 2.84. The van der Waals surface area contributed by atoms with E-state index in [1.165, 1.54) is 0 Å². The summed E-state index contributed by atoms with van der Waals surface area (Å²) in [5.41, 5.74) is -3.43. The maximum absolute atomic E-state index is 12.6. The summed E-state index contributed by atoms with van der Waals surface area (Å²) in [6.07, 6.45) is -11.4. The molecule has 1 aliphatic carbocycles. The van der Waals surface area contributed by atoms with Gasteiger partial charge in [0.1, 0.15) is 0 Å². The van der Waals surface area contributed by atoms with Crippen molar-refractivity contribution in [1.82, 2.24) is 0 Å². The van der Waals surface area contributed by atoms with Gasteiger partial charge in [-0.3, -0.25) is 4.57 Å². The summed E-state index contributed by atoms with van der Waals surface area (Å²) in [6, 6.07) is 0. The first-order valence-corrected chi connectivity index (χ1v) is 7.71. The Morgan fingerprint density at radius 1 is 1.10 bits per heavy atom. The highest BCUT2D eigenvalue weighted by molar-refractivity contribution is 7.53. The molecule has 0 aromatic carbocycles. The summed E-state index contributed by atoms with van der Waals surface area (Å²) < 4.78 is 90.4. The SMILES string of the molecule is O=P(O)(OC1CCCCC1)C(CC(F)(F)F)C(F)(F)F. The number of rotatable bonds is 4. The molecular formula is C10H15F6O3P. The molecule has 1 saturated carbocycles. The molecule has 1 aliphatic rings. The molecule has 0 bridgehead atoms. The predicted molar refractivity (Wildman–Crippen MR) is 58.3 cm³/mol. The molecule has 2 atom stereocenters. The highest BCUT2D eigenvalue weighted by Crippen LogP contribution is 2.58. The second-order valence-electron chi connectivity index (χ2n) is 4.81. The molecule has 1 N–H and O–H groups in total. The molecule has 20 heavy (non-hydrogen) atoms. The molecule has 10 heteroatoms. The summed E-state index contributed by atoms with van der Waals surface area (Å²) in [7, 11) is -5.43. The van der Waals surface area contributed by atoms with Crippen LogP contribution >= 0.6 is 7.60 Å². The van der Waals surface area contributed by atoms with Crippen LogP contribution in [0.3, 0.4) is 0 Å². The van der Waals surface area contributed by atoms with E-state index in [2.05, 4.69) is 4.52 Å². The van der Waals surface area contributed by atoms with Crippen molar-refractivity contribution in [2.45, 2.75) is 62.6 Å². The van der Waals surface area contributed by atoms with Gasteiger partial charge in [0.05, 0.1) is 12.5 Å². The fourth-order valence-electron chi connectivity index (χ4n) is 2.09. The van der Waals surface area contributed by atoms with Crippen LogP contribution in [0.1, 0.15) is 38.5 Å². The minimum absolute atomic E-state index is 0.279. The van der Waals surface area contributed by atoms with Gasteiger partial charge in [0.25, 0.3) is 0 Å². The largest absolute Gasteiger partial charge is 0.403 e. The molecule has 0 saturated heterocycles. The first kappa shape index (κ1) is 17.8. The van der Waals surface area contributed by atoms with Gasteiger partial charge in [-0.2, -0.15) is 26.3 Å². The lowest BCUT2D eigenvalue weighted by Crippen LogP contribution is -2.35. The molecule has 0 spiro atoms. The van der Waals surface area contributed by atoms with Gasteiger partial charge in [0.2, 0.25) is 0 Å². The zero-order valence-corrected chi connectivity index (χ0v) is 11.3. The molecule has 0 heterocycles. The molecule has 0 aromatic heterocycles. The maximum atomic E-state index is 12.6. The molecule has 1 fully saturated rings. The summed E-state index contributed by atoms with van der Waals surface area (Å²) in [4.78, 5) is 9.34. The molecule has 2 unspecified atom stereocenters. The van der Waals surface area contributed by atoms with E-state index in [0.717, 1.165) is 6.42 Å². The quantitative estimate of drug-likeness (QED) is 0.614. The van der Waals surface area contributed by atoms with Crippen LogP contribution < -0.4 is 0 Å². The van der Waals surface area contributed by atoms with Crippen LogP contribution in [0.25, 0.3) is 0 Å². The molecule has 0 radical (unpaired) electrons. The van der Waals surface area contributed by atoms with Gasteiger partial charge in [-0.1, -0.05) is 19.3 Å². The van der Waals surface area contributed by atoms with Gasteiger partial charge in [0.15, 0.2) is 5.66 Å². The average Bonchev–Trinajstić information content (AvgIpc) is 2.24. The van der Waals surface area contributed by atoms with Gasteiger partial charge in [-0.05, 0) is 12.8 Å². The third kappa shape index (κ3) is 5.61. The topological polar surface area (TPSA) is 46.5 Å². The highest BCUT2D eigenvalue weighted by Gasteiger charge is 2.57. The van der Waals surface area contributed by atoms with E-state index in [0.29, 0.717) is 12.8 Å². The molecule has 0 amide bonds. The summed E-state index contributed by atoms with van der Waals surface area (Å²) in [5.74, 6) is 0. The molecule has 0 aliphatic heterocycles. The lowest BCUT2D eigenvalue weighted by Gasteiger charge is -2.30. The van der Waals surface area contributed by atoms with Crippen molar-refractivity contribution in [3.8, 4) is 0 Å². The first-order chi connectivity index (χ1) is 8.92. The summed E-state index contributed by atoms with van der Waals surface area (Å²) in [5, 5.41) is 0. The second kappa shape index (κ2) is 6.23. The van der Waals surface area contributed by atoms with Crippen LogP contribution in [-0.4, -0.2) is 29.0 Å². The van der Waals surface area contributed by atoms with Crippen molar-refractivity contribution in [1.29, 1.82) is 0 Å². The summed E-state index contributed by atoms with van der Waals surface area (Å²) >= 11 is 0. The van der Waals surface area contributed by atoms with Crippen LogP contribution in [0.5, 0.6) is 0 Å². The molecule has 3 nitrogen and oxygen atoms in total. The Bertz CT molecular complexity index is 361. The fraction of sp³-hybridized carbons (Fsp3) is 1.00. The Hall–Kier alpha value is -0.270. The normalized spacial score (nSPS) is 23.4. The Morgan fingerprint density at radius 2 is 1.60 bits per heavy atom. The predicted octanol–water partition coefficient (Wildman–Crippen LogP) is 4.40. The van der Waals surface area contributed by atoms with Crippen molar-refractivity contribution in [3.63, 3.8) is 0 Å². The van der Waals surface area contributed by atoms with Crippen LogP contribution in [0, 0.1) is 0 Å². The van der Waals surface area contributed by atoms with Crippen molar-refractivity contribution in [2.24, 2.45) is 0 Å². The number of halogens is 6. The smallest absolute Gasteiger partial charge is 0.324 e. The minimum atomic E-state index is -5.45. The Morgan fingerprint density at radius 3 is 2.00 bits per heavy atom. The fourth-order valence-corrected chi connectivity index (χ4v) is 3.69. The average molecular weight is 328 g/mol. The van der Waals surface area contributed by atoms with Crippen molar-refractivity contribution in [2.75, 3.05) is 0 Å². The van der Waals surface area contributed by atoms with E-state index in [9.17, 15) is 35.8 Å². The van der Waals surface area contributed by atoms with Crippen molar-refractivity contribution in [3.05, 3.63) is 0 Å². The van der Waals surface area contributed by atoms with Gasteiger partial charge in [0, 0.05) is 0 Å². The third-order valence-electron chi connectivity index (χ3n) is 3.05. The Kier molecular flexibility index (Phi) is 5.54. The Labute approximate surface area is 111 Å². The number of hydrogen-bond donors (Lipinski definition) is 1. The van der Waals surface area contributed by atoms with Crippen LogP contribution in [0.15, 0.2) is 0 Å². The molecular weight excluding hydrogens is 313 g/mol. The van der Waals surface area contributed by atoms with Gasteiger partial charge in [-0.25, -0.2) is 0 Å². The standard InChI is InChI=1S/C10H15F6O3P/c11-9(12,13)6-8(10(14,15)16)20(17,18)19-7-4-2-1-3-5-7/h7-8H,1-6H2,(H,17,18). The molecule has 0 aromatic rings. The summed E-state index contributed by atoms with van der Waals surface area (Å²) in [6.45, 7) is 0. The van der Waals surface area contributed by atoms with Crippen molar-refractivity contribution < 1.29 is 40.3 Å². The van der Waals surface area contributed by atoms with E-state index in [1.807, 2.05) is 0 Å². The van der Waals surface area contributed by atoms with Crippen LogP contribution in [-0.2, 0) is 9.09 Å². The van der Waals surface area contributed by atoms with Crippen molar-refractivity contribution >= 4 is 7.60 Å². The number of alkyl halides is 6. The molecule has 120 valence electrons. The third-order valence-corrected chi connectivity index (χ3v) is 4.91. The second-order valence-corrected chi connectivity index (χ2v) is 6.77. The maximum Gasteiger partial charge on any atom is 0.403 e. The van der Waals surface area contributed by atoms with E-state index >= 15 is 0 Å². The van der Waals surface area contributed by atoms with Crippen LogP contribution in [0.4, 0.5) is 26.3 Å². The first-order valence-electron chi connectivity index (χ1n) is 6.06. The highest BCUT2D eigenvalue weighted by atomic mass is 31.2. The monoisotopic (exact) mass is 328 g/mol. The lowest BCUT2D eigenvalue weighted by molar-refractivity contribution is -0.183. The minimum Gasteiger partial charge on any atom is -0.324 e. The van der Waals surface area contributed by atoms with E-state index < -0.39 is 38.1 Å². The van der Waals surface area contributed by atoms with E-state index in [1.54, 1.807) is 0 Å². The van der Waals surface area contributed by atoms with Gasteiger partial charge < -0.3 is 9.42 Å². The van der Waals surface area contributed by atoms with Gasteiger partial charge in [-0.15, -0.1) is 0 Å². The van der Waals surface area contributed by atoms with E-state index in [-0.39, 0.29) is 12.8 Å². The van der Waals surface area contributed by atoms with Crippen LogP contribution in [0.2, 0.25) is 0 Å². The molecule has 1 rings (SSSR count). The van der Waals surface area contributed by atoms with E-state index in [4.69, 9.17) is 0 Å². The van der Waals surface area contributed by atoms with Gasteiger partial charge >= 0.3 is 19.9 Å². The zero-order valence-electron chi connectivity index (χ0n) is 10.4.